The van der Waals surface area contributed by atoms with Gasteiger partial charge in [0.2, 0.25) is 5.91 Å². The number of amides is 3. The standard InChI is InChI=1S/C22H23N5O4S/c1-13-10-17(26-31-13)24-18(28)12-27(2)22(30)19-15-7-3-4-8-16(15)32-21(19)25-20(29)14-6-5-9-23-11-14/h5-6,9-11H,3-4,7-8,12H2,1-2H3,(H,25,29)(H,24,26,28). The summed E-state index contributed by atoms with van der Waals surface area (Å²) in [6.45, 7) is 1.56. The zero-order chi connectivity index (χ0) is 22.7. The molecule has 0 aliphatic heterocycles. The second-order valence-corrected chi connectivity index (χ2v) is 8.75. The molecular weight excluding hydrogens is 430 g/mol. The quantitative estimate of drug-likeness (QED) is 0.591. The molecule has 0 spiro atoms. The first-order valence-corrected chi connectivity index (χ1v) is 11.1. The number of carbonyl (C=O) groups is 3. The van der Waals surface area contributed by atoms with Crippen molar-refractivity contribution in [1.82, 2.24) is 15.0 Å². The lowest BCUT2D eigenvalue weighted by atomic mass is 9.95. The zero-order valence-electron chi connectivity index (χ0n) is 17.8. The van der Waals surface area contributed by atoms with Crippen LogP contribution in [0.4, 0.5) is 10.8 Å². The fourth-order valence-corrected chi connectivity index (χ4v) is 4.91. The molecule has 32 heavy (non-hydrogen) atoms. The van der Waals surface area contributed by atoms with Crippen LogP contribution in [0.3, 0.4) is 0 Å². The molecule has 1 aliphatic carbocycles. The van der Waals surface area contributed by atoms with Crippen molar-refractivity contribution >= 4 is 39.9 Å². The summed E-state index contributed by atoms with van der Waals surface area (Å²) in [5.41, 5.74) is 1.84. The van der Waals surface area contributed by atoms with E-state index in [1.807, 2.05) is 0 Å². The number of anilines is 2. The first-order valence-electron chi connectivity index (χ1n) is 10.3. The van der Waals surface area contributed by atoms with E-state index in [9.17, 15) is 14.4 Å². The molecule has 10 heteroatoms. The summed E-state index contributed by atoms with van der Waals surface area (Å²) in [4.78, 5) is 44.9. The number of hydrogen-bond donors (Lipinski definition) is 2. The SMILES string of the molecule is Cc1cc(NC(=O)CN(C)C(=O)c2c(NC(=O)c3cccnc3)sc3c2CCCC3)no1. The number of aromatic nitrogens is 2. The third-order valence-electron chi connectivity index (χ3n) is 5.16. The molecule has 0 saturated heterocycles. The van der Waals surface area contributed by atoms with E-state index in [-0.39, 0.29) is 24.3 Å². The number of hydrogen-bond acceptors (Lipinski definition) is 7. The van der Waals surface area contributed by atoms with Crippen LogP contribution < -0.4 is 10.6 Å². The molecule has 9 nitrogen and oxygen atoms in total. The summed E-state index contributed by atoms with van der Waals surface area (Å²) in [6.07, 6.45) is 6.75. The Kier molecular flexibility index (Phi) is 6.31. The van der Waals surface area contributed by atoms with Crippen molar-refractivity contribution < 1.29 is 18.9 Å². The first kappa shape index (κ1) is 21.7. The Morgan fingerprint density at radius 3 is 2.75 bits per heavy atom. The predicted octanol–water partition coefficient (Wildman–Crippen LogP) is 3.28. The number of nitrogens with zero attached hydrogens (tertiary/aromatic N) is 3. The Bertz CT molecular complexity index is 1150. The molecule has 0 bridgehead atoms. The predicted molar refractivity (Wildman–Crippen MR) is 120 cm³/mol. The topological polar surface area (TPSA) is 117 Å². The van der Waals surface area contributed by atoms with Gasteiger partial charge in [0.15, 0.2) is 5.82 Å². The van der Waals surface area contributed by atoms with Gasteiger partial charge in [-0.1, -0.05) is 5.16 Å². The minimum absolute atomic E-state index is 0.161. The summed E-state index contributed by atoms with van der Waals surface area (Å²) in [7, 11) is 1.57. The number of pyridine rings is 1. The van der Waals surface area contributed by atoms with Crippen LogP contribution >= 0.6 is 11.3 Å². The van der Waals surface area contributed by atoms with Crippen molar-refractivity contribution in [3.63, 3.8) is 0 Å². The minimum Gasteiger partial charge on any atom is -0.360 e. The van der Waals surface area contributed by atoms with Gasteiger partial charge < -0.3 is 20.1 Å². The molecule has 3 heterocycles. The lowest BCUT2D eigenvalue weighted by Crippen LogP contribution is -2.35. The third kappa shape index (κ3) is 4.70. The summed E-state index contributed by atoms with van der Waals surface area (Å²) in [5.74, 6) is -0.154. The average molecular weight is 454 g/mol. The highest BCUT2D eigenvalue weighted by Gasteiger charge is 2.29. The van der Waals surface area contributed by atoms with Gasteiger partial charge in [0.05, 0.1) is 17.7 Å². The number of nitrogens with one attached hydrogen (secondary N) is 2. The molecule has 3 aromatic heterocycles. The van der Waals surface area contributed by atoms with Crippen LogP contribution in [0, 0.1) is 6.92 Å². The third-order valence-corrected chi connectivity index (χ3v) is 6.37. The van der Waals surface area contributed by atoms with E-state index in [1.165, 1.54) is 22.4 Å². The Morgan fingerprint density at radius 2 is 2.03 bits per heavy atom. The second kappa shape index (κ2) is 9.31. The van der Waals surface area contributed by atoms with Crippen LogP contribution in [0.2, 0.25) is 0 Å². The van der Waals surface area contributed by atoms with Gasteiger partial charge in [0.25, 0.3) is 11.8 Å². The Morgan fingerprint density at radius 1 is 1.22 bits per heavy atom. The van der Waals surface area contributed by atoms with Crippen LogP contribution in [0.15, 0.2) is 35.1 Å². The number of fused-ring (bicyclic) bond motifs is 1. The van der Waals surface area contributed by atoms with Gasteiger partial charge in [-0.25, -0.2) is 0 Å². The van der Waals surface area contributed by atoms with Gasteiger partial charge in [-0.05, 0) is 50.3 Å². The number of rotatable bonds is 6. The Balaban J connectivity index is 1.54. The highest BCUT2D eigenvalue weighted by molar-refractivity contribution is 7.17. The molecule has 0 saturated carbocycles. The molecule has 3 aromatic rings. The summed E-state index contributed by atoms with van der Waals surface area (Å²) >= 11 is 1.43. The molecule has 0 fully saturated rings. The average Bonchev–Trinajstić information content (AvgIpc) is 3.36. The minimum atomic E-state index is -0.390. The number of aryl methyl sites for hydroxylation is 2. The number of likely N-dealkylation sites (N-methyl/N-ethyl adjacent to an activating group) is 1. The first-order chi connectivity index (χ1) is 15.4. The number of carbonyl (C=O) groups excluding carboxylic acids is 3. The molecule has 0 radical (unpaired) electrons. The van der Waals surface area contributed by atoms with Gasteiger partial charge in [0.1, 0.15) is 10.8 Å². The second-order valence-electron chi connectivity index (χ2n) is 7.64. The fraction of sp³-hybridized carbons (Fsp3) is 0.318. The lowest BCUT2D eigenvalue weighted by molar-refractivity contribution is -0.116. The van der Waals surface area contributed by atoms with Gasteiger partial charge >= 0.3 is 0 Å². The van der Waals surface area contributed by atoms with Crippen molar-refractivity contribution in [3.05, 3.63) is 57.9 Å². The maximum Gasteiger partial charge on any atom is 0.257 e. The molecule has 2 N–H and O–H groups in total. The van der Waals surface area contributed by atoms with E-state index in [0.29, 0.717) is 27.7 Å². The fourth-order valence-electron chi connectivity index (χ4n) is 3.64. The van der Waals surface area contributed by atoms with E-state index in [0.717, 1.165) is 36.1 Å². The Hall–Kier alpha value is -3.53. The van der Waals surface area contributed by atoms with Crippen LogP contribution in [0.25, 0.3) is 0 Å². The molecule has 4 rings (SSSR count). The normalized spacial score (nSPS) is 12.7. The molecule has 0 aromatic carbocycles. The van der Waals surface area contributed by atoms with Gasteiger partial charge in [-0.2, -0.15) is 0 Å². The Labute approximate surface area is 188 Å². The summed E-state index contributed by atoms with van der Waals surface area (Å²) < 4.78 is 4.94. The molecule has 0 atom stereocenters. The van der Waals surface area contributed by atoms with E-state index in [4.69, 9.17) is 4.52 Å². The van der Waals surface area contributed by atoms with Gasteiger partial charge in [-0.3, -0.25) is 19.4 Å². The van der Waals surface area contributed by atoms with E-state index < -0.39 is 0 Å². The summed E-state index contributed by atoms with van der Waals surface area (Å²) in [5, 5.41) is 9.74. The largest absolute Gasteiger partial charge is 0.360 e. The van der Waals surface area contributed by atoms with Crippen LogP contribution in [0.5, 0.6) is 0 Å². The monoisotopic (exact) mass is 453 g/mol. The molecular formula is C22H23N5O4S. The summed E-state index contributed by atoms with van der Waals surface area (Å²) in [6, 6.07) is 4.95. The highest BCUT2D eigenvalue weighted by Crippen LogP contribution is 2.39. The van der Waals surface area contributed by atoms with Gasteiger partial charge in [-0.15, -0.1) is 11.3 Å². The molecule has 3 amide bonds. The van der Waals surface area contributed by atoms with Crippen LogP contribution in [-0.4, -0.2) is 46.4 Å². The maximum absolute atomic E-state index is 13.4. The van der Waals surface area contributed by atoms with Crippen LogP contribution in [-0.2, 0) is 17.6 Å². The number of thiophene rings is 1. The smallest absolute Gasteiger partial charge is 0.257 e. The van der Waals surface area contributed by atoms with Crippen molar-refractivity contribution in [2.75, 3.05) is 24.2 Å². The zero-order valence-corrected chi connectivity index (χ0v) is 18.6. The maximum atomic E-state index is 13.4. The van der Waals surface area contributed by atoms with E-state index in [2.05, 4.69) is 20.8 Å². The van der Waals surface area contributed by atoms with Crippen molar-refractivity contribution in [1.29, 1.82) is 0 Å². The van der Waals surface area contributed by atoms with Crippen molar-refractivity contribution in [2.24, 2.45) is 0 Å². The highest BCUT2D eigenvalue weighted by atomic mass is 32.1. The van der Waals surface area contributed by atoms with Crippen molar-refractivity contribution in [2.45, 2.75) is 32.6 Å². The van der Waals surface area contributed by atoms with E-state index >= 15 is 0 Å². The van der Waals surface area contributed by atoms with E-state index in [1.54, 1.807) is 38.4 Å². The van der Waals surface area contributed by atoms with Crippen LogP contribution in [0.1, 0.15) is 49.8 Å². The molecule has 166 valence electrons. The molecule has 0 unspecified atom stereocenters. The lowest BCUT2D eigenvalue weighted by Gasteiger charge is -2.19. The van der Waals surface area contributed by atoms with Crippen molar-refractivity contribution in [3.8, 4) is 0 Å². The van der Waals surface area contributed by atoms with Gasteiger partial charge in [0, 0.05) is 30.4 Å². The molecule has 1 aliphatic rings.